The average Bonchev–Trinajstić information content (AvgIpc) is 2.73. The molecule has 4 rings (SSSR count). The molecule has 0 saturated carbocycles. The van der Waals surface area contributed by atoms with Crippen molar-refractivity contribution >= 4 is 16.9 Å². The number of methoxy groups -OCH3 is 1. The monoisotopic (exact) mass is 370 g/mol. The molecule has 6 nitrogen and oxygen atoms in total. The third-order valence-corrected chi connectivity index (χ3v) is 6.17. The minimum absolute atomic E-state index is 0.644. The number of aryl methyl sites for hydroxylation is 1. The summed E-state index contributed by atoms with van der Waals surface area (Å²) in [6, 6.07) is 7.32. The Labute approximate surface area is 161 Å². The Bertz CT molecular complexity index is 783. The molecule has 2 aromatic rings. The van der Waals surface area contributed by atoms with Crippen LogP contribution in [0.1, 0.15) is 31.4 Å². The molecule has 146 valence electrons. The zero-order valence-electron chi connectivity index (χ0n) is 16.6. The maximum Gasteiger partial charge on any atom is 0.226 e. The van der Waals surface area contributed by atoms with Crippen LogP contribution in [0.15, 0.2) is 18.2 Å². The van der Waals surface area contributed by atoms with Gasteiger partial charge in [0.25, 0.3) is 0 Å². The zero-order valence-corrected chi connectivity index (χ0v) is 16.6. The summed E-state index contributed by atoms with van der Waals surface area (Å²) in [4.78, 5) is 14.5. The second-order valence-corrected chi connectivity index (χ2v) is 7.72. The van der Waals surface area contributed by atoms with Crippen LogP contribution in [0.5, 0.6) is 5.75 Å². The summed E-state index contributed by atoms with van der Waals surface area (Å²) in [5, 5.41) is 1.09. The van der Waals surface area contributed by atoms with Crippen LogP contribution < -0.4 is 9.64 Å². The lowest BCUT2D eigenvalue weighted by atomic mass is 9.99. The van der Waals surface area contributed by atoms with Gasteiger partial charge >= 0.3 is 0 Å². The molecule has 0 bridgehead atoms. The molecule has 2 fully saturated rings. The summed E-state index contributed by atoms with van der Waals surface area (Å²) in [6.45, 7) is 5.88. The molecule has 0 aliphatic carbocycles. The first-order chi connectivity index (χ1) is 13.2. The molecule has 2 aliphatic rings. The summed E-state index contributed by atoms with van der Waals surface area (Å²) in [5.74, 6) is 1.68. The number of anilines is 1. The molecule has 1 aromatic heterocycles. The van der Waals surface area contributed by atoms with Gasteiger partial charge in [-0.25, -0.2) is 9.97 Å². The van der Waals surface area contributed by atoms with E-state index in [0.29, 0.717) is 12.1 Å². The molecule has 0 amide bonds. The second-order valence-electron chi connectivity index (χ2n) is 7.72. The van der Waals surface area contributed by atoms with Gasteiger partial charge in [0.05, 0.1) is 18.3 Å². The van der Waals surface area contributed by atoms with Crippen molar-refractivity contribution in [2.24, 2.45) is 0 Å². The lowest BCUT2D eigenvalue weighted by molar-refractivity contribution is 0.0244. The quantitative estimate of drug-likeness (QED) is 0.825. The van der Waals surface area contributed by atoms with E-state index in [1.54, 1.807) is 7.11 Å². The lowest BCUT2D eigenvalue weighted by Crippen LogP contribution is -2.49. The highest BCUT2D eigenvalue weighted by molar-refractivity contribution is 5.83. The number of benzene rings is 1. The number of rotatable bonds is 4. The van der Waals surface area contributed by atoms with Crippen molar-refractivity contribution < 1.29 is 9.47 Å². The second kappa shape index (κ2) is 7.98. The first-order valence-electron chi connectivity index (χ1n) is 10.0. The van der Waals surface area contributed by atoms with E-state index in [1.807, 2.05) is 18.2 Å². The third kappa shape index (κ3) is 3.87. The molecule has 0 unspecified atom stereocenters. The Morgan fingerprint density at radius 2 is 1.78 bits per heavy atom. The molecule has 2 aliphatic heterocycles. The summed E-state index contributed by atoms with van der Waals surface area (Å²) in [6.07, 6.45) is 4.63. The predicted molar refractivity (Wildman–Crippen MR) is 108 cm³/mol. The van der Waals surface area contributed by atoms with Crippen LogP contribution >= 0.6 is 0 Å². The van der Waals surface area contributed by atoms with Gasteiger partial charge in [-0.2, -0.15) is 0 Å². The minimum atomic E-state index is 0.644. The zero-order chi connectivity index (χ0) is 18.8. The van der Waals surface area contributed by atoms with Gasteiger partial charge in [-0.3, -0.25) is 0 Å². The fraction of sp³-hybridized carbons (Fsp3) is 0.619. The Balaban J connectivity index is 1.46. The predicted octanol–water partition coefficient (Wildman–Crippen LogP) is 3.03. The van der Waals surface area contributed by atoms with E-state index in [0.717, 1.165) is 80.3 Å². The van der Waals surface area contributed by atoms with E-state index < -0.39 is 0 Å². The smallest absolute Gasteiger partial charge is 0.226 e. The molecule has 0 atom stereocenters. The van der Waals surface area contributed by atoms with Crippen molar-refractivity contribution in [1.82, 2.24) is 14.9 Å². The number of nitrogens with zero attached hydrogens (tertiary/aromatic N) is 4. The van der Waals surface area contributed by atoms with Crippen molar-refractivity contribution in [3.05, 3.63) is 23.9 Å². The van der Waals surface area contributed by atoms with Crippen LogP contribution in [-0.4, -0.2) is 67.4 Å². The Kier molecular flexibility index (Phi) is 5.45. The molecule has 3 heterocycles. The highest BCUT2D eigenvalue weighted by Crippen LogP contribution is 2.27. The van der Waals surface area contributed by atoms with E-state index in [1.165, 1.54) is 0 Å². The van der Waals surface area contributed by atoms with Gasteiger partial charge < -0.3 is 19.3 Å². The Morgan fingerprint density at radius 3 is 2.48 bits per heavy atom. The van der Waals surface area contributed by atoms with Crippen LogP contribution in [0.3, 0.4) is 0 Å². The molecule has 2 saturated heterocycles. The topological polar surface area (TPSA) is 50.7 Å². The molecule has 1 aromatic carbocycles. The molecule has 27 heavy (non-hydrogen) atoms. The standard InChI is InChI=1S/C21H30N4O2/c1-15-19-5-4-18(26-3)14-20(19)23-21(22-15)25-10-6-16(7-11-25)24(2)17-8-12-27-13-9-17/h4-5,14,16-17H,6-13H2,1-3H3. The van der Waals surface area contributed by atoms with Crippen molar-refractivity contribution in [2.45, 2.75) is 44.7 Å². The molecular formula is C21H30N4O2. The molecular weight excluding hydrogens is 340 g/mol. The van der Waals surface area contributed by atoms with Crippen LogP contribution in [0.25, 0.3) is 10.9 Å². The van der Waals surface area contributed by atoms with Crippen molar-refractivity contribution in [2.75, 3.05) is 45.4 Å². The molecule has 6 heteroatoms. The number of aromatic nitrogens is 2. The van der Waals surface area contributed by atoms with E-state index in [2.05, 4.69) is 23.8 Å². The highest BCUT2D eigenvalue weighted by Gasteiger charge is 2.29. The van der Waals surface area contributed by atoms with Gasteiger partial charge in [-0.05, 0) is 51.8 Å². The van der Waals surface area contributed by atoms with Crippen LogP contribution in [0.4, 0.5) is 5.95 Å². The van der Waals surface area contributed by atoms with Crippen LogP contribution in [0.2, 0.25) is 0 Å². The van der Waals surface area contributed by atoms with Gasteiger partial charge in [0.15, 0.2) is 0 Å². The van der Waals surface area contributed by atoms with Crippen molar-refractivity contribution in [1.29, 1.82) is 0 Å². The van der Waals surface area contributed by atoms with Gasteiger partial charge in [0, 0.05) is 49.8 Å². The summed E-state index contributed by atoms with van der Waals surface area (Å²) in [5.41, 5.74) is 1.98. The number of fused-ring (bicyclic) bond motifs is 1. The van der Waals surface area contributed by atoms with Crippen LogP contribution in [-0.2, 0) is 4.74 Å². The SMILES string of the molecule is COc1ccc2c(C)nc(N3CCC(N(C)C4CCOCC4)CC3)nc2c1. The van der Waals surface area contributed by atoms with Gasteiger partial charge in [-0.1, -0.05) is 0 Å². The van der Waals surface area contributed by atoms with Crippen LogP contribution in [0, 0.1) is 6.92 Å². The Hall–Kier alpha value is -1.92. The molecule has 0 radical (unpaired) electrons. The maximum atomic E-state index is 5.51. The fourth-order valence-corrected chi connectivity index (χ4v) is 4.38. The van der Waals surface area contributed by atoms with E-state index >= 15 is 0 Å². The normalized spacial score (nSPS) is 19.8. The lowest BCUT2D eigenvalue weighted by Gasteiger charge is -2.41. The first kappa shape index (κ1) is 18.4. The minimum Gasteiger partial charge on any atom is -0.497 e. The number of hydrogen-bond donors (Lipinski definition) is 0. The summed E-state index contributed by atoms with van der Waals surface area (Å²) in [7, 11) is 3.98. The number of hydrogen-bond acceptors (Lipinski definition) is 6. The van der Waals surface area contributed by atoms with Gasteiger partial charge in [0.2, 0.25) is 5.95 Å². The van der Waals surface area contributed by atoms with Gasteiger partial charge in [0.1, 0.15) is 5.75 Å². The number of ether oxygens (including phenoxy) is 2. The Morgan fingerprint density at radius 1 is 1.07 bits per heavy atom. The fourth-order valence-electron chi connectivity index (χ4n) is 4.38. The summed E-state index contributed by atoms with van der Waals surface area (Å²) >= 11 is 0. The van der Waals surface area contributed by atoms with Gasteiger partial charge in [-0.15, -0.1) is 0 Å². The average molecular weight is 370 g/mol. The first-order valence-corrected chi connectivity index (χ1v) is 10.0. The van der Waals surface area contributed by atoms with E-state index in [4.69, 9.17) is 19.4 Å². The van der Waals surface area contributed by atoms with E-state index in [-0.39, 0.29) is 0 Å². The number of piperidine rings is 1. The van der Waals surface area contributed by atoms with Crippen molar-refractivity contribution in [3.63, 3.8) is 0 Å². The van der Waals surface area contributed by atoms with E-state index in [9.17, 15) is 0 Å². The maximum absolute atomic E-state index is 5.51. The molecule has 0 spiro atoms. The van der Waals surface area contributed by atoms with Crippen molar-refractivity contribution in [3.8, 4) is 5.75 Å². The molecule has 0 N–H and O–H groups in total. The third-order valence-electron chi connectivity index (χ3n) is 6.17. The largest absolute Gasteiger partial charge is 0.497 e. The summed E-state index contributed by atoms with van der Waals surface area (Å²) < 4.78 is 10.9. The highest BCUT2D eigenvalue weighted by atomic mass is 16.5.